The van der Waals surface area contributed by atoms with Crippen LogP contribution in [0.25, 0.3) is 0 Å². The number of benzene rings is 1. The Kier molecular flexibility index (Phi) is 10.3. The molecule has 2 atom stereocenters. The summed E-state index contributed by atoms with van der Waals surface area (Å²) in [5, 5.41) is 5.87. The number of thioether (sulfide) groups is 1. The lowest BCUT2D eigenvalue weighted by Crippen LogP contribution is -2.43. The van der Waals surface area contributed by atoms with Crippen molar-refractivity contribution in [2.45, 2.75) is 63.7 Å². The maximum absolute atomic E-state index is 13.4. The first-order chi connectivity index (χ1) is 17.0. The molecule has 190 valence electrons. The molecule has 2 aliphatic rings. The highest BCUT2D eigenvalue weighted by molar-refractivity contribution is 8.15. The van der Waals surface area contributed by atoms with Crippen molar-refractivity contribution in [3.05, 3.63) is 29.8 Å². The Balaban J connectivity index is 1.74. The largest absolute Gasteiger partial charge is 0.385 e. The van der Waals surface area contributed by atoms with Gasteiger partial charge in [0.2, 0.25) is 11.8 Å². The third-order valence-corrected chi connectivity index (χ3v) is 7.10. The molecule has 0 fully saturated rings. The van der Waals surface area contributed by atoms with Crippen LogP contribution in [0.1, 0.15) is 57.9 Å². The van der Waals surface area contributed by atoms with Gasteiger partial charge in [0.25, 0.3) is 5.91 Å². The minimum Gasteiger partial charge on any atom is -0.385 e. The van der Waals surface area contributed by atoms with Crippen LogP contribution in [0.4, 0.5) is 5.69 Å². The number of fused-ring (bicyclic) bond motifs is 3. The molecule has 0 radical (unpaired) electrons. The molecule has 3 rings (SSSR count). The van der Waals surface area contributed by atoms with Gasteiger partial charge in [-0.15, -0.1) is 0 Å². The number of amides is 3. The van der Waals surface area contributed by atoms with Crippen molar-refractivity contribution in [3.63, 3.8) is 0 Å². The van der Waals surface area contributed by atoms with Gasteiger partial charge in [0.15, 0.2) is 5.17 Å². The van der Waals surface area contributed by atoms with Crippen LogP contribution in [0.15, 0.2) is 34.3 Å². The van der Waals surface area contributed by atoms with Crippen molar-refractivity contribution in [2.24, 2.45) is 9.98 Å². The second-order valence-corrected chi connectivity index (χ2v) is 9.62. The average Bonchev–Trinajstić information content (AvgIpc) is 3.20. The lowest BCUT2D eigenvalue weighted by molar-refractivity contribution is -0.125. The summed E-state index contributed by atoms with van der Waals surface area (Å²) >= 11 is 1.27. The molecule has 0 spiro atoms. The molecular formula is C25H35N5O4S. The van der Waals surface area contributed by atoms with Gasteiger partial charge in [0.1, 0.15) is 11.9 Å². The van der Waals surface area contributed by atoms with E-state index in [4.69, 9.17) is 14.7 Å². The second kappa shape index (κ2) is 13.4. The molecule has 0 saturated carbocycles. The van der Waals surface area contributed by atoms with Crippen LogP contribution in [-0.2, 0) is 19.1 Å². The Labute approximate surface area is 211 Å². The van der Waals surface area contributed by atoms with Crippen molar-refractivity contribution in [1.82, 2.24) is 15.5 Å². The molecule has 2 heterocycles. The van der Waals surface area contributed by atoms with E-state index in [0.717, 1.165) is 24.8 Å². The number of hydrogen-bond donors (Lipinski definition) is 2. The topological polar surface area (TPSA) is 112 Å². The quantitative estimate of drug-likeness (QED) is 0.404. The van der Waals surface area contributed by atoms with E-state index < -0.39 is 11.3 Å². The Morgan fingerprint density at radius 2 is 1.94 bits per heavy atom. The van der Waals surface area contributed by atoms with Crippen LogP contribution in [0, 0.1) is 0 Å². The predicted octanol–water partition coefficient (Wildman–Crippen LogP) is 3.01. The number of aliphatic imine (C=N–C) groups is 2. The maximum Gasteiger partial charge on any atom is 0.259 e. The molecule has 0 aromatic heterocycles. The van der Waals surface area contributed by atoms with Gasteiger partial charge in [-0.2, -0.15) is 0 Å². The van der Waals surface area contributed by atoms with Crippen LogP contribution >= 0.6 is 11.8 Å². The molecule has 2 N–H and O–H groups in total. The number of nitrogens with one attached hydrogen (secondary N) is 2. The van der Waals surface area contributed by atoms with E-state index in [0.29, 0.717) is 49.2 Å². The number of carbonyl (C=O) groups excluding carboxylic acids is 3. The highest BCUT2D eigenvalue weighted by Crippen LogP contribution is 2.35. The zero-order valence-corrected chi connectivity index (χ0v) is 21.5. The van der Waals surface area contributed by atoms with Crippen molar-refractivity contribution >= 4 is 46.2 Å². The summed E-state index contributed by atoms with van der Waals surface area (Å²) in [5.41, 5.74) is 1.49. The number of hydrogen-bond acceptors (Lipinski definition) is 7. The first kappa shape index (κ1) is 26.9. The third-order valence-electron chi connectivity index (χ3n) is 5.78. The molecule has 0 aliphatic carbocycles. The number of carbonyl (C=O) groups is 3. The van der Waals surface area contributed by atoms with E-state index in [1.54, 1.807) is 7.11 Å². The fourth-order valence-corrected chi connectivity index (χ4v) is 4.87. The van der Waals surface area contributed by atoms with Gasteiger partial charge in [0.05, 0.1) is 10.9 Å². The first-order valence-corrected chi connectivity index (χ1v) is 13.2. The number of rotatable bonds is 13. The van der Waals surface area contributed by atoms with Gasteiger partial charge in [-0.05, 0) is 37.8 Å². The fourth-order valence-electron chi connectivity index (χ4n) is 3.82. The Hall–Kier alpha value is -2.72. The molecular weight excluding hydrogens is 466 g/mol. The lowest BCUT2D eigenvalue weighted by Gasteiger charge is -2.27. The molecule has 3 amide bonds. The molecule has 2 aliphatic heterocycles. The van der Waals surface area contributed by atoms with Gasteiger partial charge >= 0.3 is 0 Å². The monoisotopic (exact) mass is 501 g/mol. The maximum atomic E-state index is 13.4. The van der Waals surface area contributed by atoms with Crippen LogP contribution < -0.4 is 10.6 Å². The SMILES string of the molecule is CCCCNC(=O)CC[C@@H]1N=C2c3ccccc3N=C(S[C@@H](CC)C(=O)NCCCOC)N2C1=O. The molecule has 35 heavy (non-hydrogen) atoms. The lowest BCUT2D eigenvalue weighted by atomic mass is 10.1. The van der Waals surface area contributed by atoms with Gasteiger partial charge in [-0.1, -0.05) is 44.2 Å². The molecule has 1 aromatic rings. The highest BCUT2D eigenvalue weighted by atomic mass is 32.2. The third kappa shape index (κ3) is 6.91. The number of nitrogens with zero attached hydrogens (tertiary/aromatic N) is 3. The molecule has 9 nitrogen and oxygen atoms in total. The summed E-state index contributed by atoms with van der Waals surface area (Å²) < 4.78 is 5.04. The van der Waals surface area contributed by atoms with E-state index >= 15 is 0 Å². The van der Waals surface area contributed by atoms with Gasteiger partial charge in [0, 0.05) is 38.8 Å². The predicted molar refractivity (Wildman–Crippen MR) is 139 cm³/mol. The summed E-state index contributed by atoms with van der Waals surface area (Å²) in [6.07, 6.45) is 3.80. The smallest absolute Gasteiger partial charge is 0.259 e. The first-order valence-electron chi connectivity index (χ1n) is 12.3. The Morgan fingerprint density at radius 1 is 1.17 bits per heavy atom. The fraction of sp³-hybridized carbons (Fsp3) is 0.560. The zero-order chi connectivity index (χ0) is 25.2. The summed E-state index contributed by atoms with van der Waals surface area (Å²) in [7, 11) is 1.63. The number of ether oxygens (including phenoxy) is 1. The van der Waals surface area contributed by atoms with Crippen molar-refractivity contribution in [2.75, 3.05) is 26.8 Å². The van der Waals surface area contributed by atoms with Crippen LogP contribution in [0.5, 0.6) is 0 Å². The Bertz CT molecular complexity index is 980. The van der Waals surface area contributed by atoms with Crippen molar-refractivity contribution < 1.29 is 19.1 Å². The van der Waals surface area contributed by atoms with Crippen LogP contribution in [0.2, 0.25) is 0 Å². The van der Waals surface area contributed by atoms with Crippen molar-refractivity contribution in [1.29, 1.82) is 0 Å². The van der Waals surface area contributed by atoms with E-state index in [2.05, 4.69) is 17.6 Å². The Morgan fingerprint density at radius 3 is 2.69 bits per heavy atom. The van der Waals surface area contributed by atoms with Gasteiger partial charge < -0.3 is 15.4 Å². The summed E-state index contributed by atoms with van der Waals surface area (Å²) in [4.78, 5) is 49.3. The molecule has 0 saturated heterocycles. The van der Waals surface area contributed by atoms with E-state index in [1.165, 1.54) is 16.7 Å². The number of amidine groups is 2. The van der Waals surface area contributed by atoms with E-state index in [-0.39, 0.29) is 24.1 Å². The van der Waals surface area contributed by atoms with Crippen LogP contribution in [0.3, 0.4) is 0 Å². The van der Waals surface area contributed by atoms with Crippen molar-refractivity contribution in [3.8, 4) is 0 Å². The molecule has 10 heteroatoms. The molecule has 0 bridgehead atoms. The summed E-state index contributed by atoms with van der Waals surface area (Å²) in [6.45, 7) is 5.75. The van der Waals surface area contributed by atoms with Crippen LogP contribution in [-0.4, -0.2) is 71.7 Å². The van der Waals surface area contributed by atoms with Gasteiger partial charge in [-0.25, -0.2) is 9.89 Å². The number of para-hydroxylation sites is 1. The van der Waals surface area contributed by atoms with E-state index in [1.807, 2.05) is 31.2 Å². The normalized spacial score (nSPS) is 17.3. The summed E-state index contributed by atoms with van der Waals surface area (Å²) in [5.74, 6) is 0.157. The highest BCUT2D eigenvalue weighted by Gasteiger charge is 2.42. The molecule has 0 unspecified atom stereocenters. The number of methoxy groups -OCH3 is 1. The minimum absolute atomic E-state index is 0.0730. The zero-order valence-electron chi connectivity index (χ0n) is 20.7. The minimum atomic E-state index is -0.651. The standard InChI is InChI=1S/C25H35N5O4S/c1-4-6-14-26-21(31)13-12-19-24(33)30-22(28-19)17-10-7-8-11-18(17)29-25(30)35-20(5-2)23(32)27-15-9-16-34-3/h7-8,10-11,19-20H,4-6,9,12-16H2,1-3H3,(H,26,31)(H,27,32)/t19-,20-/m0/s1. The average molecular weight is 502 g/mol. The van der Waals surface area contributed by atoms with Gasteiger partial charge in [-0.3, -0.25) is 19.4 Å². The summed E-state index contributed by atoms with van der Waals surface area (Å²) in [6, 6.07) is 6.88. The second-order valence-electron chi connectivity index (χ2n) is 8.45. The van der Waals surface area contributed by atoms with E-state index in [9.17, 15) is 14.4 Å². The molecule has 1 aromatic carbocycles. The number of unbranched alkanes of at least 4 members (excludes halogenated alkanes) is 1.